The molecule has 238 valence electrons. The number of hydrogen-bond acceptors (Lipinski definition) is 8. The van der Waals surface area contributed by atoms with Crippen molar-refractivity contribution in [2.75, 3.05) is 38.1 Å². The van der Waals surface area contributed by atoms with Gasteiger partial charge in [0.05, 0.1) is 33.9 Å². The number of amides is 1. The molecule has 0 atom stereocenters. The van der Waals surface area contributed by atoms with E-state index in [1.165, 1.54) is 24.4 Å². The minimum atomic E-state index is -4.93. The molecule has 10 nitrogen and oxygen atoms in total. The highest BCUT2D eigenvalue weighted by Gasteiger charge is 2.38. The molecule has 1 N–H and O–H groups in total. The molecule has 0 radical (unpaired) electrons. The third kappa shape index (κ3) is 7.39. The summed E-state index contributed by atoms with van der Waals surface area (Å²) in [6.07, 6.45) is -8.17. The molecule has 2 aromatic heterocycles. The van der Waals surface area contributed by atoms with E-state index in [4.69, 9.17) is 20.8 Å². The fraction of sp³-hybridized carbons (Fsp3) is 0.286. The lowest BCUT2D eigenvalue weighted by molar-refractivity contribution is -0.388. The maximum atomic E-state index is 13.2. The first-order valence-corrected chi connectivity index (χ1v) is 13.6. The Hall–Kier alpha value is -4.57. The van der Waals surface area contributed by atoms with Crippen molar-refractivity contribution in [3.8, 4) is 5.88 Å². The Kier molecular flexibility index (Phi) is 8.80. The van der Waals surface area contributed by atoms with Crippen LogP contribution in [0, 0.1) is 10.1 Å². The van der Waals surface area contributed by atoms with Crippen molar-refractivity contribution in [3.05, 3.63) is 86.8 Å². The van der Waals surface area contributed by atoms with Crippen LogP contribution in [0.25, 0.3) is 11.0 Å². The summed E-state index contributed by atoms with van der Waals surface area (Å²) < 4.78 is 90.0. The second kappa shape index (κ2) is 12.4. The zero-order valence-corrected chi connectivity index (χ0v) is 23.7. The number of nitrogens with zero attached hydrogens (tertiary/aromatic N) is 4. The third-order valence-corrected chi connectivity index (χ3v) is 7.40. The molecule has 0 bridgehead atoms. The van der Waals surface area contributed by atoms with Crippen molar-refractivity contribution >= 4 is 45.5 Å². The van der Waals surface area contributed by atoms with Crippen LogP contribution in [0.5, 0.6) is 5.88 Å². The lowest BCUT2D eigenvalue weighted by Gasteiger charge is -2.34. The van der Waals surface area contributed by atoms with E-state index in [0.29, 0.717) is 38.0 Å². The number of nitro groups is 1. The van der Waals surface area contributed by atoms with Gasteiger partial charge in [0.2, 0.25) is 5.88 Å². The Morgan fingerprint density at radius 3 is 2.33 bits per heavy atom. The Labute approximate surface area is 255 Å². The van der Waals surface area contributed by atoms with Crippen LogP contribution in [-0.2, 0) is 23.7 Å². The molecule has 5 rings (SSSR count). The number of fused-ring (bicyclic) bond motifs is 1. The fourth-order valence-corrected chi connectivity index (χ4v) is 4.93. The van der Waals surface area contributed by atoms with E-state index < -0.39 is 34.1 Å². The zero-order valence-electron chi connectivity index (χ0n) is 22.9. The normalized spacial score (nSPS) is 14.5. The van der Waals surface area contributed by atoms with Gasteiger partial charge in [-0.2, -0.15) is 26.3 Å². The molecule has 2 aromatic carbocycles. The lowest BCUT2D eigenvalue weighted by Crippen LogP contribution is -2.49. The van der Waals surface area contributed by atoms with Gasteiger partial charge in [-0.05, 0) is 36.4 Å². The van der Waals surface area contributed by atoms with Gasteiger partial charge in [-0.1, -0.05) is 11.6 Å². The summed E-state index contributed by atoms with van der Waals surface area (Å²) in [4.78, 5) is 30.1. The Bertz CT molecular complexity index is 1720. The molecule has 1 saturated heterocycles. The summed E-state index contributed by atoms with van der Waals surface area (Å²) in [5.41, 5.74) is -2.82. The average Bonchev–Trinajstić information content (AvgIpc) is 3.30. The van der Waals surface area contributed by atoms with Crippen molar-refractivity contribution in [2.45, 2.75) is 18.9 Å². The maximum Gasteiger partial charge on any atom is 0.423 e. The van der Waals surface area contributed by atoms with Crippen LogP contribution in [0.1, 0.15) is 16.9 Å². The number of piperazine rings is 1. The van der Waals surface area contributed by atoms with E-state index in [1.54, 1.807) is 4.90 Å². The van der Waals surface area contributed by atoms with E-state index in [2.05, 4.69) is 10.3 Å². The molecule has 1 fully saturated rings. The number of pyridine rings is 1. The van der Waals surface area contributed by atoms with E-state index >= 15 is 0 Å². The summed E-state index contributed by atoms with van der Waals surface area (Å²) in [6.45, 7) is 1.52. The van der Waals surface area contributed by atoms with E-state index in [-0.39, 0.29) is 52.3 Å². The van der Waals surface area contributed by atoms with Crippen LogP contribution in [0.2, 0.25) is 5.02 Å². The first-order chi connectivity index (χ1) is 21.2. The van der Waals surface area contributed by atoms with Crippen molar-refractivity contribution in [1.29, 1.82) is 0 Å². The topological polar surface area (TPSA) is 114 Å². The number of halogens is 7. The molecule has 45 heavy (non-hydrogen) atoms. The fourth-order valence-electron chi connectivity index (χ4n) is 4.69. The number of alkyl halides is 6. The molecule has 17 heteroatoms. The van der Waals surface area contributed by atoms with Crippen LogP contribution in [0.3, 0.4) is 0 Å². The van der Waals surface area contributed by atoms with E-state index in [9.17, 15) is 41.3 Å². The molecule has 0 spiro atoms. The van der Waals surface area contributed by atoms with Gasteiger partial charge in [0, 0.05) is 49.4 Å². The van der Waals surface area contributed by atoms with Crippen molar-refractivity contribution < 1.29 is 45.2 Å². The first-order valence-electron chi connectivity index (χ1n) is 13.2. The molecule has 0 saturated carbocycles. The Balaban J connectivity index is 1.11. The summed E-state index contributed by atoms with van der Waals surface area (Å²) in [7, 11) is 0. The molecular weight excluding hydrogens is 636 g/mol. The number of furan rings is 1. The smallest absolute Gasteiger partial charge is 0.423 e. The van der Waals surface area contributed by atoms with Crippen LogP contribution in [0.15, 0.2) is 59.1 Å². The molecule has 0 aliphatic carbocycles. The number of carbonyl (C=O) groups is 1. The number of ether oxygens (including phenoxy) is 1. The SMILES string of the molecule is O=C(COc1ccc(Nc2ccc([N+](=O)[O-])c(C(F)(F)F)c2)cn1)N1CCN(Cc2oc3ccc(C(F)(F)F)cc3c2Cl)CC1. The number of nitrogens with one attached hydrogen (secondary N) is 1. The number of hydrogen-bond donors (Lipinski definition) is 1. The molecule has 1 aliphatic rings. The van der Waals surface area contributed by atoms with Crippen molar-refractivity contribution in [1.82, 2.24) is 14.8 Å². The van der Waals surface area contributed by atoms with Gasteiger partial charge in [-0.15, -0.1) is 0 Å². The van der Waals surface area contributed by atoms with Gasteiger partial charge in [-0.25, -0.2) is 4.98 Å². The van der Waals surface area contributed by atoms with Gasteiger partial charge in [-0.3, -0.25) is 19.8 Å². The number of aromatic nitrogens is 1. The summed E-state index contributed by atoms with van der Waals surface area (Å²) in [6, 6.07) is 8.48. The molecule has 4 aromatic rings. The average molecular weight is 658 g/mol. The summed E-state index contributed by atoms with van der Waals surface area (Å²) >= 11 is 6.32. The second-order valence-corrected chi connectivity index (χ2v) is 10.4. The number of rotatable bonds is 8. The molecule has 1 amide bonds. The van der Waals surface area contributed by atoms with Gasteiger partial charge in [0.15, 0.2) is 6.61 Å². The highest BCUT2D eigenvalue weighted by atomic mass is 35.5. The van der Waals surface area contributed by atoms with Crippen LogP contribution >= 0.6 is 11.6 Å². The number of carbonyl (C=O) groups excluding carboxylic acids is 1. The van der Waals surface area contributed by atoms with Crippen LogP contribution < -0.4 is 10.1 Å². The Morgan fingerprint density at radius 1 is 1.00 bits per heavy atom. The highest BCUT2D eigenvalue weighted by Crippen LogP contribution is 2.39. The van der Waals surface area contributed by atoms with E-state index in [0.717, 1.165) is 24.3 Å². The standard InChI is InChI=1S/C28H22ClF6N5O5/c29-26-19-11-16(27(30,31)32)1-5-22(19)45-23(26)14-38-7-9-39(10-8-38)25(41)15-44-24-6-3-18(13-36-24)37-17-2-4-21(40(42)43)20(12-17)28(33,34)35/h1-6,11-13,37H,7-10,14-15H2. The third-order valence-electron chi connectivity index (χ3n) is 6.98. The summed E-state index contributed by atoms with van der Waals surface area (Å²) in [5, 5.41) is 13.9. The molecule has 3 heterocycles. The second-order valence-electron chi connectivity index (χ2n) is 9.99. The first kappa shape index (κ1) is 31.8. The summed E-state index contributed by atoms with van der Waals surface area (Å²) in [5.74, 6) is 0.0959. The monoisotopic (exact) mass is 657 g/mol. The number of benzene rings is 2. The molecule has 0 unspecified atom stereocenters. The maximum absolute atomic E-state index is 13.2. The minimum Gasteiger partial charge on any atom is -0.468 e. The molecular formula is C28H22ClF6N5O5. The van der Waals surface area contributed by atoms with Crippen molar-refractivity contribution in [3.63, 3.8) is 0 Å². The number of anilines is 2. The van der Waals surface area contributed by atoms with Crippen LogP contribution in [-0.4, -0.2) is 58.4 Å². The molecule has 1 aliphatic heterocycles. The van der Waals surface area contributed by atoms with Crippen molar-refractivity contribution in [2.24, 2.45) is 0 Å². The largest absolute Gasteiger partial charge is 0.468 e. The van der Waals surface area contributed by atoms with Gasteiger partial charge in [0.25, 0.3) is 11.6 Å². The predicted octanol–water partition coefficient (Wildman–Crippen LogP) is 6.89. The van der Waals surface area contributed by atoms with Gasteiger partial charge < -0.3 is 19.4 Å². The lowest BCUT2D eigenvalue weighted by atomic mass is 10.1. The zero-order chi connectivity index (χ0) is 32.5. The predicted molar refractivity (Wildman–Crippen MR) is 149 cm³/mol. The quantitative estimate of drug-likeness (QED) is 0.124. The number of nitro benzene ring substituents is 1. The van der Waals surface area contributed by atoms with Gasteiger partial charge >= 0.3 is 12.4 Å². The Morgan fingerprint density at radius 2 is 1.71 bits per heavy atom. The van der Waals surface area contributed by atoms with Gasteiger partial charge in [0.1, 0.15) is 16.9 Å². The highest BCUT2D eigenvalue weighted by molar-refractivity contribution is 6.36. The van der Waals surface area contributed by atoms with Crippen LogP contribution in [0.4, 0.5) is 43.4 Å². The van der Waals surface area contributed by atoms with E-state index in [1.807, 2.05) is 4.90 Å². The minimum absolute atomic E-state index is 0.0455.